The third kappa shape index (κ3) is 12.7. The number of ketones is 1. The molecule has 0 fully saturated rings. The molecule has 0 atom stereocenters. The van der Waals surface area contributed by atoms with Gasteiger partial charge in [-0.25, -0.2) is 4.98 Å². The molecule has 5 nitrogen and oxygen atoms in total. The van der Waals surface area contributed by atoms with Crippen LogP contribution in [-0.4, -0.2) is 53.2 Å². The standard InChI is InChI=1S/C24H19N.2C24H18N.C5H8O2.B3.2Ir/c3*1-24(2)20-9-5-4-8-18(20)19-13-11-17(15-21(19)24)23-14-12-16-7-3-6-10-22(16)25-23;1-4(6)3-5(2)7;1-3-2;;/h3-15H,1-2H3;2*3-10,12-15H,1-2H3;3,6H,1-2H3;;;/q;2*-1;;;;/p+1. The summed E-state index contributed by atoms with van der Waals surface area (Å²) in [6.07, 6.45) is 1.28. The third-order valence-corrected chi connectivity index (χ3v) is 16.7. The number of aliphatic hydroxyl groups is 1. The maximum absolute atomic E-state index is 8.40. The molecule has 0 spiro atoms. The van der Waals surface area contributed by atoms with Crippen LogP contribution in [0.4, 0.5) is 0 Å². The molecular formula is C77H64B3Ir2N3O2-. The fourth-order valence-electron chi connectivity index (χ4n) is 12.4. The first-order valence-corrected chi connectivity index (χ1v) is 28.8. The van der Waals surface area contributed by atoms with Crippen molar-refractivity contribution in [3.63, 3.8) is 0 Å². The van der Waals surface area contributed by atoms with E-state index in [1.165, 1.54) is 108 Å². The van der Waals surface area contributed by atoms with Gasteiger partial charge in [-0.15, -0.1) is 58.7 Å². The number of benzene rings is 9. The summed E-state index contributed by atoms with van der Waals surface area (Å²) in [5.74, 6) is 0.250. The van der Waals surface area contributed by atoms with Crippen molar-refractivity contribution < 1.29 is 50.1 Å². The molecule has 12 aromatic rings. The maximum Gasteiger partial charge on any atom is 0.316 e. The van der Waals surface area contributed by atoms with Gasteiger partial charge in [-0.2, -0.15) is 0 Å². The average Bonchev–Trinajstić information content (AvgIpc) is 1.63. The van der Waals surface area contributed by atoms with Gasteiger partial charge in [0.1, 0.15) is 0 Å². The van der Waals surface area contributed by atoms with Crippen LogP contribution in [-0.2, 0) is 56.5 Å². The molecular weight excluding hydrogens is 1420 g/mol. The normalized spacial score (nSPS) is 13.4. The second-order valence-corrected chi connectivity index (χ2v) is 23.4. The van der Waals surface area contributed by atoms with Crippen LogP contribution >= 0.6 is 0 Å². The first kappa shape index (κ1) is 63.4. The van der Waals surface area contributed by atoms with Gasteiger partial charge in [0, 0.05) is 79.1 Å². The number of pyridine rings is 3. The van der Waals surface area contributed by atoms with Crippen molar-refractivity contribution in [3.8, 4) is 67.2 Å². The molecule has 0 saturated heterocycles. The Bertz CT molecular complexity index is 4120. The summed E-state index contributed by atoms with van der Waals surface area (Å²) < 4.78 is 0. The number of allylic oxidation sites excluding steroid dienone is 2. The van der Waals surface area contributed by atoms with E-state index in [4.69, 9.17) is 24.9 Å². The molecule has 7 radical (unpaired) electrons. The average molecular weight is 1480 g/mol. The Balaban J connectivity index is 0.000000143. The topological polar surface area (TPSA) is 80.3 Å². The number of para-hydroxylation sites is 3. The van der Waals surface area contributed by atoms with Crippen LogP contribution in [0.3, 0.4) is 0 Å². The molecule has 87 heavy (non-hydrogen) atoms. The van der Waals surface area contributed by atoms with Crippen molar-refractivity contribution in [3.05, 3.63) is 282 Å². The van der Waals surface area contributed by atoms with Crippen LogP contribution in [0.15, 0.2) is 236 Å². The number of carbonyl (C=O) groups excluding carboxylic acids is 1. The first-order valence-electron chi connectivity index (χ1n) is 28.8. The number of fused-ring (bicyclic) bond motifs is 12. The SMILES string of the molecule is CC(=[OH+])C=C(C)O.CC1(C)c2ccccc2-c2c[c-]c(-c3ccc4ccccc4n3)cc21.CC1(C)c2ccccc2-c2c[c-]c(-c3ccc4ccccc4n3)cc21.CC1(C)c2ccccc2-c2ccc(-c3ccc4ccccc4n3)cc21.[B][B][B].[Ir].[Ir]. The van der Waals surface area contributed by atoms with E-state index in [2.05, 4.69) is 263 Å². The fourth-order valence-corrected chi connectivity index (χ4v) is 12.4. The van der Waals surface area contributed by atoms with Crippen molar-refractivity contribution in [2.75, 3.05) is 0 Å². The van der Waals surface area contributed by atoms with E-state index >= 15 is 0 Å². The van der Waals surface area contributed by atoms with Crippen LogP contribution in [0.5, 0.6) is 0 Å². The van der Waals surface area contributed by atoms with Crippen molar-refractivity contribution in [1.29, 1.82) is 0 Å². The minimum absolute atomic E-state index is 0. The monoisotopic (exact) mass is 1480 g/mol. The molecule has 0 bridgehead atoms. The Kier molecular flexibility index (Phi) is 19.3. The summed E-state index contributed by atoms with van der Waals surface area (Å²) in [7, 11) is 10.0. The Hall–Kier alpha value is -8.09. The van der Waals surface area contributed by atoms with Crippen LogP contribution in [0.1, 0.15) is 88.8 Å². The smallest absolute Gasteiger partial charge is 0.316 e. The minimum Gasteiger partial charge on any atom is -0.512 e. The Morgan fingerprint density at radius 2 is 0.736 bits per heavy atom. The first-order chi connectivity index (χ1) is 41.0. The van der Waals surface area contributed by atoms with E-state index in [1.807, 2.05) is 30.3 Å². The van der Waals surface area contributed by atoms with Gasteiger partial charge in [-0.1, -0.05) is 234 Å². The van der Waals surface area contributed by atoms with Gasteiger partial charge >= 0.3 is 5.78 Å². The molecule has 3 aliphatic rings. The van der Waals surface area contributed by atoms with Gasteiger partial charge in [0.05, 0.1) is 41.0 Å². The van der Waals surface area contributed by atoms with Gasteiger partial charge in [-0.3, -0.25) is 14.8 Å². The summed E-state index contributed by atoms with van der Waals surface area (Å²) in [4.78, 5) is 22.9. The molecule has 9 aromatic carbocycles. The molecule has 0 unspecified atom stereocenters. The van der Waals surface area contributed by atoms with Crippen LogP contribution < -0.4 is 0 Å². The number of nitrogens with zero attached hydrogens (tertiary/aromatic N) is 3. The predicted molar refractivity (Wildman–Crippen MR) is 358 cm³/mol. The van der Waals surface area contributed by atoms with Crippen molar-refractivity contribution >= 4 is 61.0 Å². The number of aromatic nitrogens is 3. The van der Waals surface area contributed by atoms with E-state index in [0.717, 1.165) is 51.8 Å². The zero-order valence-corrected chi connectivity index (χ0v) is 54.9. The van der Waals surface area contributed by atoms with Crippen LogP contribution in [0.2, 0.25) is 0 Å². The molecule has 427 valence electrons. The minimum atomic E-state index is 0. The number of aliphatic hydroxyl groups excluding tert-OH is 1. The number of rotatable bonds is 4. The zero-order chi connectivity index (χ0) is 59.6. The second kappa shape index (κ2) is 26.5. The Labute approximate surface area is 542 Å². The molecule has 15 rings (SSSR count). The second-order valence-electron chi connectivity index (χ2n) is 23.4. The van der Waals surface area contributed by atoms with E-state index in [0.29, 0.717) is 0 Å². The molecule has 0 amide bonds. The van der Waals surface area contributed by atoms with Crippen LogP contribution in [0.25, 0.3) is 99.9 Å². The molecule has 3 aliphatic carbocycles. The Morgan fingerprint density at radius 1 is 0.414 bits per heavy atom. The quantitative estimate of drug-likeness (QED) is 0.0626. The van der Waals surface area contributed by atoms with E-state index < -0.39 is 0 Å². The molecule has 10 heteroatoms. The molecule has 2 N–H and O–H groups in total. The van der Waals surface area contributed by atoms with E-state index in [9.17, 15) is 0 Å². The summed E-state index contributed by atoms with van der Waals surface area (Å²) >= 11 is 0. The maximum atomic E-state index is 8.40. The van der Waals surface area contributed by atoms with Crippen LogP contribution in [0, 0.1) is 12.1 Å². The van der Waals surface area contributed by atoms with E-state index in [1.54, 1.807) is 0 Å². The summed E-state index contributed by atoms with van der Waals surface area (Å²) in [5, 5.41) is 11.9. The van der Waals surface area contributed by atoms with Gasteiger partial charge in [0.15, 0.2) is 0 Å². The van der Waals surface area contributed by atoms with Crippen molar-refractivity contribution in [2.24, 2.45) is 0 Å². The van der Waals surface area contributed by atoms with Gasteiger partial charge in [0.2, 0.25) is 0 Å². The van der Waals surface area contributed by atoms with Crippen molar-refractivity contribution in [1.82, 2.24) is 15.0 Å². The Morgan fingerprint density at radius 3 is 1.11 bits per heavy atom. The van der Waals surface area contributed by atoms with Gasteiger partial charge in [-0.05, 0) is 104 Å². The molecule has 3 aromatic heterocycles. The zero-order valence-electron chi connectivity index (χ0n) is 50.1. The number of hydrogen-bond acceptors (Lipinski definition) is 4. The number of hydrogen-bond donors (Lipinski definition) is 1. The van der Waals surface area contributed by atoms with Gasteiger partial charge in [0.25, 0.3) is 0 Å². The summed E-state index contributed by atoms with van der Waals surface area (Å²) in [5.41, 5.74) is 25.7. The third-order valence-electron chi connectivity index (χ3n) is 16.7. The molecule has 3 heterocycles. The summed E-state index contributed by atoms with van der Waals surface area (Å²) in [6, 6.07) is 86.2. The van der Waals surface area contributed by atoms with Gasteiger partial charge < -0.3 is 5.11 Å². The molecule has 0 saturated carbocycles. The predicted octanol–water partition coefficient (Wildman–Crippen LogP) is 18.1. The largest absolute Gasteiger partial charge is 0.512 e. The molecule has 0 aliphatic heterocycles. The van der Waals surface area contributed by atoms with E-state index in [-0.39, 0.29) is 68.0 Å². The fraction of sp³-hybridized carbons (Fsp3) is 0.143. The summed E-state index contributed by atoms with van der Waals surface area (Å²) in [6.45, 7) is 16.8. The van der Waals surface area contributed by atoms with Crippen molar-refractivity contribution in [2.45, 2.75) is 71.6 Å².